The highest BCUT2D eigenvalue weighted by atomic mass is 32.1. The predicted molar refractivity (Wildman–Crippen MR) is 156 cm³/mol. The molecule has 2 amide bonds. The summed E-state index contributed by atoms with van der Waals surface area (Å²) in [5.41, 5.74) is 0.163. The van der Waals surface area contributed by atoms with Crippen LogP contribution in [0.4, 0.5) is 18.9 Å². The topological polar surface area (TPSA) is 84.7 Å². The molecule has 0 aliphatic carbocycles. The van der Waals surface area contributed by atoms with E-state index in [1.807, 2.05) is 23.6 Å². The van der Waals surface area contributed by atoms with Gasteiger partial charge < -0.3 is 4.90 Å². The first-order chi connectivity index (χ1) is 20.5. The van der Waals surface area contributed by atoms with Crippen molar-refractivity contribution in [3.63, 3.8) is 0 Å². The molecule has 0 N–H and O–H groups in total. The molecule has 2 aliphatic heterocycles. The number of ketones is 1. The molecule has 2 unspecified atom stereocenters. The number of benzene rings is 2. The zero-order valence-electron chi connectivity index (χ0n) is 23.6. The van der Waals surface area contributed by atoms with Crippen molar-refractivity contribution in [2.24, 2.45) is 5.92 Å². The minimum atomic E-state index is -4.65. The molecule has 2 aliphatic rings. The molecule has 43 heavy (non-hydrogen) atoms. The molecule has 7 nitrogen and oxygen atoms in total. The van der Waals surface area contributed by atoms with Gasteiger partial charge in [0.15, 0.2) is 5.78 Å². The molecule has 3 aromatic rings. The largest absolute Gasteiger partial charge is 0.416 e. The van der Waals surface area contributed by atoms with Gasteiger partial charge in [0.2, 0.25) is 11.8 Å². The Bertz CT molecular complexity index is 1600. The summed E-state index contributed by atoms with van der Waals surface area (Å²) in [5.74, 6) is -3.97. The molecule has 0 spiro atoms. The van der Waals surface area contributed by atoms with Crippen LogP contribution in [0.2, 0.25) is 0 Å². The normalized spacial score (nSPS) is 19.9. The van der Waals surface area contributed by atoms with Crippen LogP contribution in [-0.2, 0) is 27.1 Å². The molecule has 0 radical (unpaired) electrons. The highest BCUT2D eigenvalue weighted by Crippen LogP contribution is 2.44. The van der Waals surface area contributed by atoms with E-state index in [1.54, 1.807) is 40.5 Å². The van der Waals surface area contributed by atoms with E-state index in [0.29, 0.717) is 37.3 Å². The number of halogens is 3. The Kier molecular flexibility index (Phi) is 8.53. The quantitative estimate of drug-likeness (QED) is 0.342. The van der Waals surface area contributed by atoms with Crippen LogP contribution in [0.3, 0.4) is 0 Å². The first kappa shape index (κ1) is 30.2. The molecule has 11 heteroatoms. The summed E-state index contributed by atoms with van der Waals surface area (Å²) in [6.45, 7) is 5.45. The van der Waals surface area contributed by atoms with Crippen molar-refractivity contribution >= 4 is 34.6 Å². The first-order valence-electron chi connectivity index (χ1n) is 13.8. The number of allylic oxidation sites excluding steroid dienone is 2. The Hall–Kier alpha value is -4.27. The van der Waals surface area contributed by atoms with Crippen molar-refractivity contribution in [2.75, 3.05) is 31.1 Å². The van der Waals surface area contributed by atoms with Crippen molar-refractivity contribution in [1.29, 1.82) is 5.26 Å². The van der Waals surface area contributed by atoms with Gasteiger partial charge in [-0.2, -0.15) is 18.4 Å². The van der Waals surface area contributed by atoms with Crippen molar-refractivity contribution in [3.05, 3.63) is 98.9 Å². The monoisotopic (exact) mass is 606 g/mol. The first-order valence-corrected chi connectivity index (χ1v) is 14.6. The van der Waals surface area contributed by atoms with Gasteiger partial charge in [-0.1, -0.05) is 24.3 Å². The van der Waals surface area contributed by atoms with Crippen molar-refractivity contribution in [1.82, 2.24) is 9.80 Å². The average Bonchev–Trinajstić information content (AvgIpc) is 3.49. The van der Waals surface area contributed by atoms with E-state index < -0.39 is 41.2 Å². The van der Waals surface area contributed by atoms with Crippen LogP contribution >= 0.6 is 11.3 Å². The molecule has 2 aromatic carbocycles. The molecular formula is C32H29F3N4O3S. The van der Waals surface area contributed by atoms with Gasteiger partial charge in [0.25, 0.3) is 0 Å². The maximum Gasteiger partial charge on any atom is 0.416 e. The fraction of sp³-hybridized carbons (Fsp3) is 0.312. The van der Waals surface area contributed by atoms with Gasteiger partial charge in [0.1, 0.15) is 5.92 Å². The second-order valence-corrected chi connectivity index (χ2v) is 11.7. The summed E-state index contributed by atoms with van der Waals surface area (Å²) in [6.07, 6.45) is -4.65. The molecular weight excluding hydrogens is 577 g/mol. The van der Waals surface area contributed by atoms with Crippen molar-refractivity contribution in [2.45, 2.75) is 32.5 Å². The number of piperazine rings is 1. The minimum Gasteiger partial charge on any atom is -0.339 e. The Labute approximate surface area is 251 Å². The third kappa shape index (κ3) is 6.12. The number of carbonyl (C=O) groups excluding carboxylic acids is 3. The number of nitrogens with zero attached hydrogens (tertiary/aromatic N) is 4. The summed E-state index contributed by atoms with van der Waals surface area (Å²) in [4.78, 5) is 47.9. The standard InChI is InChI=1S/C32H29F3N4O3S/c1-20-27(21(2)40)28(23-10-8-22(18-36)9-11-23)29(31(42)39(20)25-6-3-5-24(17-25)32(33,34)35)30(41)38-14-12-37(13-15-38)19-26-7-4-16-43-26/h3-11,16-17,28-29H,12-15,19H2,1-2H3. The lowest BCUT2D eigenvalue weighted by Crippen LogP contribution is -2.55. The fourth-order valence-corrected chi connectivity index (χ4v) is 6.64. The number of hydrogen-bond donors (Lipinski definition) is 0. The van der Waals surface area contributed by atoms with E-state index in [4.69, 9.17) is 0 Å². The molecule has 222 valence electrons. The Morgan fingerprint density at radius 2 is 1.72 bits per heavy atom. The number of nitriles is 1. The number of Topliss-reactive ketones (excluding diaryl/α,β-unsaturated/α-hetero) is 1. The number of carbonyl (C=O) groups is 3. The van der Waals surface area contributed by atoms with Crippen LogP contribution in [0.25, 0.3) is 0 Å². The molecule has 1 fully saturated rings. The summed E-state index contributed by atoms with van der Waals surface area (Å²) < 4.78 is 40.9. The highest BCUT2D eigenvalue weighted by Gasteiger charge is 2.49. The lowest BCUT2D eigenvalue weighted by Gasteiger charge is -2.42. The average molecular weight is 607 g/mol. The summed E-state index contributed by atoms with van der Waals surface area (Å²) in [5, 5.41) is 11.3. The number of rotatable bonds is 6. The summed E-state index contributed by atoms with van der Waals surface area (Å²) >= 11 is 1.65. The smallest absolute Gasteiger partial charge is 0.339 e. The number of thiophene rings is 1. The fourth-order valence-electron chi connectivity index (χ4n) is 5.89. The molecule has 1 saturated heterocycles. The Morgan fingerprint density at radius 1 is 1.02 bits per heavy atom. The van der Waals surface area contributed by atoms with Crippen molar-refractivity contribution in [3.8, 4) is 6.07 Å². The van der Waals surface area contributed by atoms with Crippen LogP contribution in [0.15, 0.2) is 77.3 Å². The zero-order chi connectivity index (χ0) is 30.9. The van der Waals surface area contributed by atoms with Gasteiger partial charge in [-0.15, -0.1) is 11.3 Å². The molecule has 2 atom stereocenters. The van der Waals surface area contributed by atoms with Crippen LogP contribution in [0.5, 0.6) is 0 Å². The SMILES string of the molecule is CC(=O)C1=C(C)N(c2cccc(C(F)(F)F)c2)C(=O)C(C(=O)N2CCN(Cc3cccs3)CC2)C1c1ccc(C#N)cc1. The molecule has 0 saturated carbocycles. The number of hydrogen-bond acceptors (Lipinski definition) is 6. The van der Waals surface area contributed by atoms with Gasteiger partial charge in [-0.3, -0.25) is 24.2 Å². The van der Waals surface area contributed by atoms with Crippen LogP contribution in [0.1, 0.15) is 41.3 Å². The molecule has 3 heterocycles. The van der Waals surface area contributed by atoms with E-state index in [-0.39, 0.29) is 17.0 Å². The third-order valence-electron chi connectivity index (χ3n) is 7.98. The van der Waals surface area contributed by atoms with Crippen LogP contribution in [0, 0.1) is 17.2 Å². The minimum absolute atomic E-state index is 0.0760. The lowest BCUT2D eigenvalue weighted by atomic mass is 9.73. The number of amides is 2. The maximum atomic E-state index is 14.3. The van der Waals surface area contributed by atoms with E-state index in [0.717, 1.165) is 23.6 Å². The zero-order valence-corrected chi connectivity index (χ0v) is 24.4. The molecule has 5 rings (SSSR count). The molecule has 1 aromatic heterocycles. The second-order valence-electron chi connectivity index (χ2n) is 10.6. The number of alkyl halides is 3. The van der Waals surface area contributed by atoms with Gasteiger partial charge in [0.05, 0.1) is 17.2 Å². The van der Waals surface area contributed by atoms with Gasteiger partial charge >= 0.3 is 6.18 Å². The maximum absolute atomic E-state index is 14.3. The summed E-state index contributed by atoms with van der Waals surface area (Å²) in [7, 11) is 0. The van der Waals surface area contributed by atoms with E-state index in [2.05, 4.69) is 4.90 Å². The Balaban J connectivity index is 1.56. The van der Waals surface area contributed by atoms with E-state index in [9.17, 15) is 32.8 Å². The lowest BCUT2D eigenvalue weighted by molar-refractivity contribution is -0.144. The van der Waals surface area contributed by atoms with Crippen LogP contribution < -0.4 is 4.90 Å². The highest BCUT2D eigenvalue weighted by molar-refractivity contribution is 7.09. The van der Waals surface area contributed by atoms with E-state index in [1.165, 1.54) is 30.9 Å². The van der Waals surface area contributed by atoms with Gasteiger partial charge in [-0.05, 0) is 61.2 Å². The summed E-state index contributed by atoms with van der Waals surface area (Å²) in [6, 6.07) is 16.7. The third-order valence-corrected chi connectivity index (χ3v) is 8.84. The van der Waals surface area contributed by atoms with Crippen LogP contribution in [-0.4, -0.2) is 53.6 Å². The molecule has 0 bridgehead atoms. The van der Waals surface area contributed by atoms with Gasteiger partial charge in [0, 0.05) is 60.5 Å². The second kappa shape index (κ2) is 12.1. The van der Waals surface area contributed by atoms with Crippen molar-refractivity contribution < 1.29 is 27.6 Å². The van der Waals surface area contributed by atoms with E-state index >= 15 is 0 Å². The Morgan fingerprint density at radius 3 is 2.30 bits per heavy atom. The number of anilines is 1. The predicted octanol–water partition coefficient (Wildman–Crippen LogP) is 5.59. The van der Waals surface area contributed by atoms with Gasteiger partial charge in [-0.25, -0.2) is 0 Å².